The monoisotopic (exact) mass is 275 g/mol. The van der Waals surface area contributed by atoms with Crippen molar-refractivity contribution in [1.82, 2.24) is 5.43 Å². The van der Waals surface area contributed by atoms with E-state index < -0.39 is 6.04 Å². The molecule has 0 aromatic heterocycles. The number of nitrogens with one attached hydrogen (secondary N) is 2. The Morgan fingerprint density at radius 1 is 1.40 bits per heavy atom. The average molecular weight is 275 g/mol. The molecule has 2 rings (SSSR count). The number of carbonyl (C=O) groups excluding carboxylic acids is 2. The summed E-state index contributed by atoms with van der Waals surface area (Å²) in [4.78, 5) is 23.5. The van der Waals surface area contributed by atoms with Crippen LogP contribution in [0.4, 0.5) is 5.69 Å². The number of hydrogen-bond acceptors (Lipinski definition) is 5. The number of hydrogen-bond donors (Lipinski definition) is 2. The van der Waals surface area contributed by atoms with Crippen LogP contribution in [0.5, 0.6) is 5.75 Å². The standard InChI is InChI=1S/C14H17N3O3/c1-3-13(18)11-8-12(17-16-11)14(19)15-9-4-6-10(20-2)7-5-9/h4-7,12,17H,3,8H2,1-2H3,(H,15,19). The second-order valence-electron chi connectivity index (χ2n) is 4.44. The number of benzene rings is 1. The van der Waals surface area contributed by atoms with Gasteiger partial charge in [-0.15, -0.1) is 0 Å². The van der Waals surface area contributed by atoms with Crippen molar-refractivity contribution in [3.8, 4) is 5.75 Å². The Labute approximate surface area is 117 Å². The predicted molar refractivity (Wildman–Crippen MR) is 75.9 cm³/mol. The molecule has 1 aromatic carbocycles. The summed E-state index contributed by atoms with van der Waals surface area (Å²) < 4.78 is 5.05. The average Bonchev–Trinajstić information content (AvgIpc) is 2.97. The highest BCUT2D eigenvalue weighted by molar-refractivity contribution is 6.40. The maximum Gasteiger partial charge on any atom is 0.248 e. The van der Waals surface area contributed by atoms with Crippen molar-refractivity contribution in [2.75, 3.05) is 12.4 Å². The van der Waals surface area contributed by atoms with Gasteiger partial charge in [0, 0.05) is 18.5 Å². The second kappa shape index (κ2) is 6.18. The van der Waals surface area contributed by atoms with Crippen LogP contribution in [0.2, 0.25) is 0 Å². The molecule has 0 fully saturated rings. The van der Waals surface area contributed by atoms with Gasteiger partial charge in [-0.2, -0.15) is 5.10 Å². The number of ketones is 1. The first-order chi connectivity index (χ1) is 9.63. The molecule has 0 radical (unpaired) electrons. The van der Waals surface area contributed by atoms with Gasteiger partial charge in [0.05, 0.1) is 7.11 Å². The third-order valence-corrected chi connectivity index (χ3v) is 3.07. The van der Waals surface area contributed by atoms with E-state index in [1.54, 1.807) is 38.3 Å². The van der Waals surface area contributed by atoms with Gasteiger partial charge in [-0.1, -0.05) is 6.92 Å². The number of hydrazone groups is 1. The number of carbonyl (C=O) groups is 2. The van der Waals surface area contributed by atoms with Gasteiger partial charge in [-0.05, 0) is 24.3 Å². The Bertz CT molecular complexity index is 537. The highest BCUT2D eigenvalue weighted by Gasteiger charge is 2.28. The maximum atomic E-state index is 12.0. The van der Waals surface area contributed by atoms with Crippen LogP contribution in [-0.4, -0.2) is 30.6 Å². The minimum absolute atomic E-state index is 0.0303. The number of methoxy groups -OCH3 is 1. The molecule has 1 aliphatic heterocycles. The second-order valence-corrected chi connectivity index (χ2v) is 4.44. The molecule has 6 nitrogen and oxygen atoms in total. The van der Waals surface area contributed by atoms with Crippen LogP contribution in [0.25, 0.3) is 0 Å². The van der Waals surface area contributed by atoms with E-state index in [9.17, 15) is 9.59 Å². The van der Waals surface area contributed by atoms with Crippen molar-refractivity contribution >= 4 is 23.1 Å². The van der Waals surface area contributed by atoms with E-state index >= 15 is 0 Å². The van der Waals surface area contributed by atoms with E-state index in [4.69, 9.17) is 4.74 Å². The third kappa shape index (κ3) is 3.14. The van der Waals surface area contributed by atoms with Crippen molar-refractivity contribution in [2.45, 2.75) is 25.8 Å². The lowest BCUT2D eigenvalue weighted by molar-refractivity contribution is -0.117. The minimum atomic E-state index is -0.498. The molecule has 0 saturated carbocycles. The summed E-state index contributed by atoms with van der Waals surface area (Å²) >= 11 is 0. The summed E-state index contributed by atoms with van der Waals surface area (Å²) in [7, 11) is 1.58. The third-order valence-electron chi connectivity index (χ3n) is 3.07. The number of ether oxygens (including phenoxy) is 1. The van der Waals surface area contributed by atoms with E-state index in [1.807, 2.05) is 0 Å². The molecule has 0 spiro atoms. The van der Waals surface area contributed by atoms with Gasteiger partial charge < -0.3 is 10.1 Å². The van der Waals surface area contributed by atoms with Crippen molar-refractivity contribution in [2.24, 2.45) is 5.10 Å². The summed E-state index contributed by atoms with van der Waals surface area (Å²) in [5.41, 5.74) is 3.80. The fraction of sp³-hybridized carbons (Fsp3) is 0.357. The predicted octanol–water partition coefficient (Wildman–Crippen LogP) is 1.33. The number of amides is 1. The Morgan fingerprint density at radius 2 is 2.10 bits per heavy atom. The molecule has 1 amide bonds. The first-order valence-corrected chi connectivity index (χ1v) is 6.44. The first kappa shape index (κ1) is 14.0. The van der Waals surface area contributed by atoms with Crippen LogP contribution in [0.3, 0.4) is 0 Å². The zero-order valence-corrected chi connectivity index (χ0v) is 11.5. The Balaban J connectivity index is 1.91. The van der Waals surface area contributed by atoms with Crippen LogP contribution in [0.15, 0.2) is 29.4 Å². The van der Waals surface area contributed by atoms with E-state index in [0.717, 1.165) is 5.75 Å². The largest absolute Gasteiger partial charge is 0.497 e. The molecule has 0 aliphatic carbocycles. The Morgan fingerprint density at radius 3 is 2.70 bits per heavy atom. The molecule has 6 heteroatoms. The van der Waals surface area contributed by atoms with Crippen LogP contribution in [0.1, 0.15) is 19.8 Å². The summed E-state index contributed by atoms with van der Waals surface area (Å²) in [5.74, 6) is 0.483. The zero-order valence-electron chi connectivity index (χ0n) is 11.5. The number of Topliss-reactive ketones (excluding diaryl/α,β-unsaturated/α-hetero) is 1. The van der Waals surface area contributed by atoms with Crippen LogP contribution >= 0.6 is 0 Å². The lowest BCUT2D eigenvalue weighted by atomic mass is 10.1. The quantitative estimate of drug-likeness (QED) is 0.849. The summed E-state index contributed by atoms with van der Waals surface area (Å²) in [6, 6.07) is 6.54. The fourth-order valence-corrected chi connectivity index (χ4v) is 1.88. The lowest BCUT2D eigenvalue weighted by Crippen LogP contribution is -2.35. The molecule has 2 N–H and O–H groups in total. The summed E-state index contributed by atoms with van der Waals surface area (Å²) in [5, 5.41) is 6.69. The maximum absolute atomic E-state index is 12.0. The molecular formula is C14H17N3O3. The van der Waals surface area contributed by atoms with Gasteiger partial charge >= 0.3 is 0 Å². The molecule has 1 heterocycles. The molecule has 1 aliphatic rings. The fourth-order valence-electron chi connectivity index (χ4n) is 1.88. The summed E-state index contributed by atoms with van der Waals surface area (Å²) in [6.07, 6.45) is 0.724. The lowest BCUT2D eigenvalue weighted by Gasteiger charge is -2.11. The summed E-state index contributed by atoms with van der Waals surface area (Å²) in [6.45, 7) is 1.77. The normalized spacial score (nSPS) is 17.1. The van der Waals surface area contributed by atoms with Crippen molar-refractivity contribution in [1.29, 1.82) is 0 Å². The van der Waals surface area contributed by atoms with Gasteiger partial charge in [-0.3, -0.25) is 15.0 Å². The van der Waals surface area contributed by atoms with Gasteiger partial charge in [0.2, 0.25) is 5.91 Å². The van der Waals surface area contributed by atoms with E-state index in [2.05, 4.69) is 15.8 Å². The van der Waals surface area contributed by atoms with Gasteiger partial charge in [0.15, 0.2) is 5.78 Å². The number of anilines is 1. The molecule has 0 bridgehead atoms. The first-order valence-electron chi connectivity index (χ1n) is 6.44. The number of rotatable bonds is 5. The van der Waals surface area contributed by atoms with Crippen molar-refractivity contribution < 1.29 is 14.3 Å². The smallest absolute Gasteiger partial charge is 0.248 e. The topological polar surface area (TPSA) is 79.8 Å². The van der Waals surface area contributed by atoms with Crippen LogP contribution in [-0.2, 0) is 9.59 Å². The molecule has 1 atom stereocenters. The van der Waals surface area contributed by atoms with E-state index in [0.29, 0.717) is 24.2 Å². The van der Waals surface area contributed by atoms with Crippen molar-refractivity contribution in [3.05, 3.63) is 24.3 Å². The molecule has 20 heavy (non-hydrogen) atoms. The van der Waals surface area contributed by atoms with Crippen molar-refractivity contribution in [3.63, 3.8) is 0 Å². The molecular weight excluding hydrogens is 258 g/mol. The SMILES string of the molecule is CCC(=O)C1=NNC(C(=O)Nc2ccc(OC)cc2)C1. The molecule has 106 valence electrons. The van der Waals surface area contributed by atoms with E-state index in [1.165, 1.54) is 0 Å². The zero-order chi connectivity index (χ0) is 14.5. The van der Waals surface area contributed by atoms with E-state index in [-0.39, 0.29) is 11.7 Å². The van der Waals surface area contributed by atoms with Crippen LogP contribution < -0.4 is 15.5 Å². The molecule has 1 aromatic rings. The minimum Gasteiger partial charge on any atom is -0.497 e. The Hall–Kier alpha value is -2.37. The number of nitrogens with zero attached hydrogens (tertiary/aromatic N) is 1. The molecule has 1 unspecified atom stereocenters. The molecule has 0 saturated heterocycles. The van der Waals surface area contributed by atoms with Gasteiger partial charge in [0.25, 0.3) is 0 Å². The Kier molecular flexibility index (Phi) is 4.34. The van der Waals surface area contributed by atoms with Gasteiger partial charge in [-0.25, -0.2) is 0 Å². The highest BCUT2D eigenvalue weighted by atomic mass is 16.5. The highest BCUT2D eigenvalue weighted by Crippen LogP contribution is 2.16. The van der Waals surface area contributed by atoms with Gasteiger partial charge in [0.1, 0.15) is 17.5 Å². The van der Waals surface area contributed by atoms with Crippen LogP contribution in [0, 0.1) is 0 Å².